The third-order valence-electron chi connectivity index (χ3n) is 6.40. The van der Waals surface area contributed by atoms with Gasteiger partial charge in [-0.3, -0.25) is 9.59 Å². The summed E-state index contributed by atoms with van der Waals surface area (Å²) >= 11 is 3.19. The largest absolute Gasteiger partial charge is 0.335 e. The van der Waals surface area contributed by atoms with Gasteiger partial charge in [0.05, 0.1) is 16.9 Å². The number of hydrogen-bond donors (Lipinski definition) is 1. The number of aromatic amines is 1. The van der Waals surface area contributed by atoms with Crippen LogP contribution in [0.15, 0.2) is 29.1 Å². The number of thiophene rings is 1. The highest BCUT2D eigenvalue weighted by molar-refractivity contribution is 7.99. The van der Waals surface area contributed by atoms with Crippen molar-refractivity contribution in [3.8, 4) is 0 Å². The number of nitrogens with zero attached hydrogens (tertiary/aromatic N) is 2. The fourth-order valence-electron chi connectivity index (χ4n) is 4.44. The van der Waals surface area contributed by atoms with Gasteiger partial charge in [0.15, 0.2) is 0 Å². The van der Waals surface area contributed by atoms with Crippen molar-refractivity contribution >= 4 is 39.2 Å². The predicted octanol–water partition coefficient (Wildman–Crippen LogP) is 5.02. The van der Waals surface area contributed by atoms with Gasteiger partial charge in [0.2, 0.25) is 5.91 Å². The van der Waals surface area contributed by atoms with Crippen LogP contribution < -0.4 is 5.56 Å². The summed E-state index contributed by atoms with van der Waals surface area (Å²) in [6.07, 6.45) is 5.37. The lowest BCUT2D eigenvalue weighted by molar-refractivity contribution is -0.129. The van der Waals surface area contributed by atoms with Crippen molar-refractivity contribution in [2.24, 2.45) is 0 Å². The quantitative estimate of drug-likeness (QED) is 0.505. The minimum atomic E-state index is -0.0271. The van der Waals surface area contributed by atoms with Gasteiger partial charge in [0, 0.05) is 17.5 Å². The van der Waals surface area contributed by atoms with E-state index in [-0.39, 0.29) is 11.5 Å². The van der Waals surface area contributed by atoms with Gasteiger partial charge in [-0.1, -0.05) is 38.1 Å². The van der Waals surface area contributed by atoms with E-state index in [1.807, 2.05) is 4.90 Å². The molecule has 1 saturated carbocycles. The Morgan fingerprint density at radius 3 is 2.75 bits per heavy atom. The standard InChI is InChI=1S/C25H29N3O2S2/c1-15(2)17-8-6-16(7-9-17)12-28(18-10-11-18)22(29)14-31-13-21-26-24(30)23-19-4-3-5-20(19)32-25(23)27-21/h6-9,15,18H,3-5,10-14H2,1-2H3,(H,26,27,30). The Kier molecular flexibility index (Phi) is 6.12. The first-order valence-electron chi connectivity index (χ1n) is 11.5. The molecule has 0 bridgehead atoms. The molecule has 1 fully saturated rings. The van der Waals surface area contributed by atoms with Gasteiger partial charge in [-0.25, -0.2) is 4.98 Å². The summed E-state index contributed by atoms with van der Waals surface area (Å²) in [6.45, 7) is 5.05. The number of aryl methyl sites for hydroxylation is 2. The molecule has 0 saturated heterocycles. The monoisotopic (exact) mass is 467 g/mol. The molecule has 2 aliphatic rings. The molecule has 2 aromatic heterocycles. The van der Waals surface area contributed by atoms with Gasteiger partial charge in [0.1, 0.15) is 10.7 Å². The van der Waals surface area contributed by atoms with Crippen molar-refractivity contribution in [3.63, 3.8) is 0 Å². The van der Waals surface area contributed by atoms with Crippen LogP contribution in [0.5, 0.6) is 0 Å². The minimum absolute atomic E-state index is 0.0271. The number of H-pyrrole nitrogens is 1. The van der Waals surface area contributed by atoms with Crippen molar-refractivity contribution in [1.29, 1.82) is 0 Å². The zero-order valence-electron chi connectivity index (χ0n) is 18.6. The molecule has 7 heteroatoms. The van der Waals surface area contributed by atoms with Gasteiger partial charge in [-0.2, -0.15) is 0 Å². The first kappa shape index (κ1) is 21.7. The third kappa shape index (κ3) is 4.50. The minimum Gasteiger partial charge on any atom is -0.335 e. The maximum atomic E-state index is 13.0. The first-order chi connectivity index (χ1) is 15.5. The van der Waals surface area contributed by atoms with Crippen molar-refractivity contribution in [3.05, 3.63) is 62.0 Å². The summed E-state index contributed by atoms with van der Waals surface area (Å²) in [6, 6.07) is 9.00. The van der Waals surface area contributed by atoms with Crippen LogP contribution in [-0.2, 0) is 29.9 Å². The molecule has 1 amide bonds. The number of carbonyl (C=O) groups excluding carboxylic acids is 1. The molecule has 0 atom stereocenters. The van der Waals surface area contributed by atoms with Crippen LogP contribution in [0, 0.1) is 0 Å². The molecule has 2 aliphatic carbocycles. The Morgan fingerprint density at radius 1 is 1.25 bits per heavy atom. The lowest BCUT2D eigenvalue weighted by Crippen LogP contribution is -2.34. The molecule has 5 nitrogen and oxygen atoms in total. The van der Waals surface area contributed by atoms with Crippen molar-refractivity contribution in [2.75, 3.05) is 5.75 Å². The number of hydrogen-bond acceptors (Lipinski definition) is 5. The van der Waals surface area contributed by atoms with Crippen LogP contribution in [-0.4, -0.2) is 32.6 Å². The van der Waals surface area contributed by atoms with Gasteiger partial charge >= 0.3 is 0 Å². The lowest BCUT2D eigenvalue weighted by Gasteiger charge is -2.23. The van der Waals surface area contributed by atoms with E-state index < -0.39 is 0 Å². The topological polar surface area (TPSA) is 66.1 Å². The van der Waals surface area contributed by atoms with E-state index in [2.05, 4.69) is 43.1 Å². The molecule has 1 N–H and O–H groups in total. The number of nitrogens with one attached hydrogen (secondary N) is 1. The van der Waals surface area contributed by atoms with Gasteiger partial charge in [-0.05, 0) is 54.7 Å². The second kappa shape index (κ2) is 9.02. The molecule has 2 heterocycles. The van der Waals surface area contributed by atoms with Gasteiger partial charge in [-0.15, -0.1) is 23.1 Å². The number of thioether (sulfide) groups is 1. The predicted molar refractivity (Wildman–Crippen MR) is 133 cm³/mol. The van der Waals surface area contributed by atoms with Gasteiger partial charge < -0.3 is 9.88 Å². The molecule has 0 radical (unpaired) electrons. The molecule has 32 heavy (non-hydrogen) atoms. The maximum Gasteiger partial charge on any atom is 0.259 e. The second-order valence-corrected chi connectivity index (χ2v) is 11.3. The van der Waals surface area contributed by atoms with Crippen molar-refractivity contribution in [2.45, 2.75) is 70.2 Å². The molecular formula is C25H29N3O2S2. The van der Waals surface area contributed by atoms with E-state index in [0.717, 1.165) is 42.3 Å². The number of rotatable bonds is 8. The highest BCUT2D eigenvalue weighted by atomic mass is 32.2. The average molecular weight is 468 g/mol. The molecular weight excluding hydrogens is 438 g/mol. The summed E-state index contributed by atoms with van der Waals surface area (Å²) in [7, 11) is 0. The van der Waals surface area contributed by atoms with Crippen LogP contribution in [0.3, 0.4) is 0 Å². The van der Waals surface area contributed by atoms with Crippen molar-refractivity contribution < 1.29 is 4.79 Å². The Morgan fingerprint density at radius 2 is 2.03 bits per heavy atom. The molecule has 1 aromatic carbocycles. The third-order valence-corrected chi connectivity index (χ3v) is 8.51. The smallest absolute Gasteiger partial charge is 0.259 e. The summed E-state index contributed by atoms with van der Waals surface area (Å²) in [5.74, 6) is 2.30. The van der Waals surface area contributed by atoms with Crippen molar-refractivity contribution in [1.82, 2.24) is 14.9 Å². The SMILES string of the molecule is CC(C)c1ccc(CN(C(=O)CSCc2nc3sc4c(c3c(=O)[nH]2)CCC4)C2CC2)cc1. The highest BCUT2D eigenvalue weighted by Gasteiger charge is 2.32. The molecule has 3 aromatic rings. The van der Waals surface area contributed by atoms with E-state index in [9.17, 15) is 9.59 Å². The van der Waals surface area contributed by atoms with Crippen LogP contribution in [0.25, 0.3) is 10.2 Å². The zero-order chi connectivity index (χ0) is 22.2. The summed E-state index contributed by atoms with van der Waals surface area (Å²) < 4.78 is 0. The number of benzene rings is 1. The normalized spacial score (nSPS) is 15.5. The van der Waals surface area contributed by atoms with E-state index >= 15 is 0 Å². The lowest BCUT2D eigenvalue weighted by atomic mass is 10.0. The van der Waals surface area contributed by atoms with Crippen LogP contribution in [0.4, 0.5) is 0 Å². The zero-order valence-corrected chi connectivity index (χ0v) is 20.3. The Balaban J connectivity index is 1.21. The number of carbonyl (C=O) groups is 1. The molecule has 5 rings (SSSR count). The summed E-state index contributed by atoms with van der Waals surface area (Å²) in [5, 5.41) is 0.788. The Labute approximate surface area is 196 Å². The number of amides is 1. The van der Waals surface area contributed by atoms with Gasteiger partial charge in [0.25, 0.3) is 5.56 Å². The average Bonchev–Trinajstić information content (AvgIpc) is 3.40. The summed E-state index contributed by atoms with van der Waals surface area (Å²) in [4.78, 5) is 37.4. The fraction of sp³-hybridized carbons (Fsp3) is 0.480. The first-order valence-corrected chi connectivity index (χ1v) is 13.5. The Bertz CT molecular complexity index is 1190. The molecule has 0 aliphatic heterocycles. The molecule has 0 spiro atoms. The number of fused-ring (bicyclic) bond motifs is 3. The van der Waals surface area contributed by atoms with E-state index in [0.29, 0.717) is 35.8 Å². The maximum absolute atomic E-state index is 13.0. The Hall–Kier alpha value is -2.12. The fourth-order valence-corrected chi connectivity index (χ4v) is 6.50. The number of aromatic nitrogens is 2. The van der Waals surface area contributed by atoms with Crippen LogP contribution in [0.2, 0.25) is 0 Å². The molecule has 168 valence electrons. The van der Waals surface area contributed by atoms with E-state index in [1.165, 1.54) is 33.3 Å². The highest BCUT2D eigenvalue weighted by Crippen LogP contribution is 2.34. The summed E-state index contributed by atoms with van der Waals surface area (Å²) in [5.41, 5.74) is 3.68. The van der Waals surface area contributed by atoms with E-state index in [4.69, 9.17) is 4.98 Å². The van der Waals surface area contributed by atoms with E-state index in [1.54, 1.807) is 11.3 Å². The second-order valence-electron chi connectivity index (χ2n) is 9.19. The van der Waals surface area contributed by atoms with Crippen LogP contribution >= 0.6 is 23.1 Å². The van der Waals surface area contributed by atoms with Crippen LogP contribution in [0.1, 0.15) is 66.4 Å². The molecule has 0 unspecified atom stereocenters.